The number of hydrogen-bond acceptors (Lipinski definition) is 5. The van der Waals surface area contributed by atoms with Crippen molar-refractivity contribution in [2.24, 2.45) is 10.2 Å². The van der Waals surface area contributed by atoms with E-state index in [1.54, 1.807) is 24.3 Å². The Balaban J connectivity index is 2.26. The van der Waals surface area contributed by atoms with E-state index in [1.807, 2.05) is 18.2 Å². The predicted molar refractivity (Wildman–Crippen MR) is 86.9 cm³/mol. The lowest BCUT2D eigenvalue weighted by molar-refractivity contribution is 0.476. The number of phenols is 1. The number of phenolic OH excluding ortho intramolecular Hbond substituents is 1. The summed E-state index contributed by atoms with van der Waals surface area (Å²) in [5.74, 6) is 3.37. The van der Waals surface area contributed by atoms with Crippen molar-refractivity contribution in [3.8, 4) is 18.1 Å². The molecule has 0 saturated carbocycles. The molecular formula is C15H12N2OS2. The monoisotopic (exact) mass is 300 g/mol. The van der Waals surface area contributed by atoms with Crippen molar-refractivity contribution in [1.82, 2.24) is 0 Å². The third-order valence-electron chi connectivity index (χ3n) is 2.56. The van der Waals surface area contributed by atoms with Crippen molar-refractivity contribution in [2.45, 2.75) is 5.75 Å². The van der Waals surface area contributed by atoms with Gasteiger partial charge in [0.05, 0.1) is 5.69 Å². The van der Waals surface area contributed by atoms with E-state index in [0.717, 1.165) is 16.9 Å². The molecule has 0 amide bonds. The number of hydrogen-bond donors (Lipinski definition) is 2. The molecule has 0 radical (unpaired) electrons. The Bertz CT molecular complexity index is 678. The average molecular weight is 300 g/mol. The molecule has 0 aliphatic rings. The van der Waals surface area contributed by atoms with Gasteiger partial charge in [0.25, 0.3) is 0 Å². The van der Waals surface area contributed by atoms with Gasteiger partial charge in [-0.2, -0.15) is 5.11 Å². The first-order valence-electron chi connectivity index (χ1n) is 5.79. The van der Waals surface area contributed by atoms with Crippen LogP contribution in [0.2, 0.25) is 0 Å². The Morgan fingerprint density at radius 3 is 2.80 bits per heavy atom. The molecule has 2 aromatic carbocycles. The fourth-order valence-electron chi connectivity index (χ4n) is 1.58. The van der Waals surface area contributed by atoms with Crippen LogP contribution in [0.25, 0.3) is 0 Å². The fraction of sp³-hybridized carbons (Fsp3) is 0.0667. The highest BCUT2D eigenvalue weighted by atomic mass is 33.1. The minimum atomic E-state index is 0.0924. The number of terminal acetylenes is 1. The summed E-state index contributed by atoms with van der Waals surface area (Å²) in [6.45, 7) is 0. The number of benzene rings is 2. The van der Waals surface area contributed by atoms with Crippen LogP contribution in [-0.4, -0.2) is 5.11 Å². The van der Waals surface area contributed by atoms with Crippen LogP contribution in [0.1, 0.15) is 11.1 Å². The molecule has 0 aromatic heterocycles. The molecule has 1 N–H and O–H groups in total. The van der Waals surface area contributed by atoms with E-state index in [0.29, 0.717) is 11.4 Å². The molecule has 0 heterocycles. The van der Waals surface area contributed by atoms with Gasteiger partial charge in [-0.3, -0.25) is 0 Å². The third kappa shape index (κ3) is 3.80. The minimum absolute atomic E-state index is 0.0924. The van der Waals surface area contributed by atoms with Gasteiger partial charge in [-0.25, -0.2) is 0 Å². The Hall–Kier alpha value is -1.90. The Morgan fingerprint density at radius 1 is 1.20 bits per heavy atom. The second-order valence-corrected chi connectivity index (χ2v) is 5.31. The van der Waals surface area contributed by atoms with Gasteiger partial charge in [0.15, 0.2) is 0 Å². The predicted octanol–water partition coefficient (Wildman–Crippen LogP) is 4.87. The highest BCUT2D eigenvalue weighted by Gasteiger charge is 2.02. The summed E-state index contributed by atoms with van der Waals surface area (Å²) >= 11 is 4.10. The molecule has 3 nitrogen and oxygen atoms in total. The van der Waals surface area contributed by atoms with Gasteiger partial charge in [-0.15, -0.1) is 23.2 Å². The second-order valence-electron chi connectivity index (χ2n) is 3.99. The Morgan fingerprint density at radius 2 is 2.05 bits per heavy atom. The zero-order valence-electron chi connectivity index (χ0n) is 10.5. The second kappa shape index (κ2) is 7.04. The van der Waals surface area contributed by atoms with Crippen LogP contribution in [0.3, 0.4) is 0 Å². The summed E-state index contributed by atoms with van der Waals surface area (Å²) in [5.41, 5.74) is 2.84. The summed E-state index contributed by atoms with van der Waals surface area (Å²) in [6.07, 6.45) is 5.33. The number of rotatable bonds is 4. The maximum atomic E-state index is 9.77. The van der Waals surface area contributed by atoms with Gasteiger partial charge in [-0.1, -0.05) is 28.8 Å². The van der Waals surface area contributed by atoms with Crippen LogP contribution in [0.5, 0.6) is 5.75 Å². The maximum absolute atomic E-state index is 9.77. The molecule has 0 bridgehead atoms. The number of nitrogens with zero attached hydrogens (tertiary/aromatic N) is 2. The van der Waals surface area contributed by atoms with E-state index in [9.17, 15) is 5.11 Å². The molecule has 0 fully saturated rings. The van der Waals surface area contributed by atoms with Crippen LogP contribution in [0, 0.1) is 12.3 Å². The maximum Gasteiger partial charge on any atom is 0.143 e. The molecule has 20 heavy (non-hydrogen) atoms. The average Bonchev–Trinajstić information content (AvgIpc) is 2.48. The molecule has 100 valence electrons. The van der Waals surface area contributed by atoms with E-state index < -0.39 is 0 Å². The van der Waals surface area contributed by atoms with Crippen molar-refractivity contribution in [3.63, 3.8) is 0 Å². The number of thiol groups is 1. The molecule has 0 saturated heterocycles. The zero-order valence-corrected chi connectivity index (χ0v) is 12.2. The smallest absolute Gasteiger partial charge is 0.143 e. The van der Waals surface area contributed by atoms with E-state index in [4.69, 9.17) is 6.42 Å². The zero-order chi connectivity index (χ0) is 14.4. The lowest BCUT2D eigenvalue weighted by atomic mass is 10.2. The third-order valence-corrected chi connectivity index (χ3v) is 3.41. The fourth-order valence-corrected chi connectivity index (χ4v) is 2.36. The highest BCUT2D eigenvalue weighted by Crippen LogP contribution is 2.30. The SMILES string of the molecule is C#Cc1cccc(/N=N/c2cc(CSS)ccc2O)c1. The lowest BCUT2D eigenvalue weighted by Crippen LogP contribution is -1.78. The summed E-state index contributed by atoms with van der Waals surface area (Å²) in [4.78, 5) is 0. The van der Waals surface area contributed by atoms with E-state index in [1.165, 1.54) is 10.8 Å². The summed E-state index contributed by atoms with van der Waals surface area (Å²) in [5, 5.41) is 17.9. The van der Waals surface area contributed by atoms with Crippen LogP contribution in [0.15, 0.2) is 52.7 Å². The molecule has 0 spiro atoms. The van der Waals surface area contributed by atoms with E-state index in [2.05, 4.69) is 27.8 Å². The standard InChI is InChI=1S/C15H12N2OS2/c1-2-11-4-3-5-13(8-11)16-17-14-9-12(10-20-19)6-7-15(14)18/h1,3-9,18-19H,10H2/b17-16+. The van der Waals surface area contributed by atoms with Crippen LogP contribution >= 0.6 is 22.5 Å². The van der Waals surface area contributed by atoms with Crippen molar-refractivity contribution in [1.29, 1.82) is 0 Å². The summed E-state index contributed by atoms with van der Waals surface area (Å²) in [6, 6.07) is 12.4. The first-order chi connectivity index (χ1) is 9.72. The summed E-state index contributed by atoms with van der Waals surface area (Å²) in [7, 11) is 1.41. The summed E-state index contributed by atoms with van der Waals surface area (Å²) < 4.78 is 0. The van der Waals surface area contributed by atoms with Gasteiger partial charge in [0.1, 0.15) is 11.4 Å². The van der Waals surface area contributed by atoms with Crippen LogP contribution in [0.4, 0.5) is 11.4 Å². The highest BCUT2D eigenvalue weighted by molar-refractivity contribution is 8.68. The molecule has 0 aliphatic carbocycles. The van der Waals surface area contributed by atoms with Gasteiger partial charge < -0.3 is 5.11 Å². The minimum Gasteiger partial charge on any atom is -0.506 e. The number of aromatic hydroxyl groups is 1. The Labute approximate surface area is 127 Å². The Kier molecular flexibility index (Phi) is 5.10. The topological polar surface area (TPSA) is 45.0 Å². The molecule has 0 aliphatic heterocycles. The van der Waals surface area contributed by atoms with Crippen molar-refractivity contribution in [2.75, 3.05) is 0 Å². The number of azo groups is 1. The molecule has 0 atom stereocenters. The van der Waals surface area contributed by atoms with Gasteiger partial charge in [0.2, 0.25) is 0 Å². The lowest BCUT2D eigenvalue weighted by Gasteiger charge is -2.02. The van der Waals surface area contributed by atoms with E-state index in [-0.39, 0.29) is 5.75 Å². The van der Waals surface area contributed by atoms with E-state index >= 15 is 0 Å². The molecule has 2 rings (SSSR count). The molecule has 2 aromatic rings. The molecule has 5 heteroatoms. The molecule has 0 unspecified atom stereocenters. The van der Waals surface area contributed by atoms with Gasteiger partial charge in [0, 0.05) is 11.3 Å². The van der Waals surface area contributed by atoms with Gasteiger partial charge >= 0.3 is 0 Å². The van der Waals surface area contributed by atoms with Crippen LogP contribution in [-0.2, 0) is 5.75 Å². The van der Waals surface area contributed by atoms with Crippen LogP contribution < -0.4 is 0 Å². The first-order valence-corrected chi connectivity index (χ1v) is 7.83. The first kappa shape index (κ1) is 14.5. The van der Waals surface area contributed by atoms with Crippen molar-refractivity contribution < 1.29 is 5.11 Å². The normalized spacial score (nSPS) is 10.6. The molecular weight excluding hydrogens is 288 g/mol. The largest absolute Gasteiger partial charge is 0.506 e. The van der Waals surface area contributed by atoms with Crippen molar-refractivity contribution in [3.05, 3.63) is 53.6 Å². The van der Waals surface area contributed by atoms with Crippen molar-refractivity contribution >= 4 is 33.8 Å². The van der Waals surface area contributed by atoms with Gasteiger partial charge in [-0.05, 0) is 35.9 Å². The quantitative estimate of drug-likeness (QED) is 0.366.